The molecule has 0 spiro atoms. The number of ether oxygens (including phenoxy) is 1. The van der Waals surface area contributed by atoms with Crippen molar-refractivity contribution in [3.63, 3.8) is 0 Å². The maximum absolute atomic E-state index is 10.4. The molecule has 0 unspecified atom stereocenters. The van der Waals surface area contributed by atoms with Crippen molar-refractivity contribution < 1.29 is 9.84 Å². The van der Waals surface area contributed by atoms with Crippen LogP contribution < -0.4 is 4.74 Å². The summed E-state index contributed by atoms with van der Waals surface area (Å²) in [5.41, 5.74) is 9.31. The number of benzene rings is 2. The molecule has 1 aromatic heterocycles. The Balaban J connectivity index is 1.93. The van der Waals surface area contributed by atoms with Crippen LogP contribution in [0.25, 0.3) is 20.5 Å². The van der Waals surface area contributed by atoms with Crippen molar-refractivity contribution in [2.75, 3.05) is 6.54 Å². The number of thiophene rings is 1. The fraction of sp³-hybridized carbons (Fsp3) is 0.176. The van der Waals surface area contributed by atoms with E-state index in [0.717, 1.165) is 21.4 Å². The van der Waals surface area contributed by atoms with Gasteiger partial charge in [0.1, 0.15) is 18.0 Å². The average molecular weight is 325 g/mol. The van der Waals surface area contributed by atoms with E-state index in [0.29, 0.717) is 0 Å². The highest BCUT2D eigenvalue weighted by atomic mass is 32.1. The third-order valence-corrected chi connectivity index (χ3v) is 4.45. The predicted molar refractivity (Wildman–Crippen MR) is 91.7 cm³/mol. The zero-order chi connectivity index (χ0) is 16.1. The highest BCUT2D eigenvalue weighted by Gasteiger charge is 2.23. The van der Waals surface area contributed by atoms with Crippen LogP contribution in [0.5, 0.6) is 5.75 Å². The zero-order valence-corrected chi connectivity index (χ0v) is 13.1. The first-order chi connectivity index (χ1) is 11.3. The first kappa shape index (κ1) is 15.4. The van der Waals surface area contributed by atoms with Gasteiger partial charge in [0.2, 0.25) is 0 Å². The number of nitrogens with zero attached hydrogens (tertiary/aromatic N) is 3. The third kappa shape index (κ3) is 3.46. The number of aliphatic hydroxyl groups is 1. The van der Waals surface area contributed by atoms with Gasteiger partial charge in [0.05, 0.1) is 6.54 Å². The molecule has 0 aliphatic rings. The fourth-order valence-corrected chi connectivity index (χ4v) is 3.28. The molecule has 3 aromatic rings. The summed E-state index contributed by atoms with van der Waals surface area (Å²) in [4.78, 5) is 2.71. The molecule has 3 rings (SSSR count). The smallest absolute Gasteiger partial charge is 0.150 e. The maximum Gasteiger partial charge on any atom is 0.150 e. The van der Waals surface area contributed by atoms with Gasteiger partial charge in [-0.3, -0.25) is 0 Å². The number of azide groups is 1. The fourth-order valence-electron chi connectivity index (χ4n) is 2.41. The average Bonchev–Trinajstić information content (AvgIpc) is 3.01. The molecule has 116 valence electrons. The molecule has 2 atom stereocenters. The Labute approximate surface area is 137 Å². The molecular formula is C17H15N3O2S. The topological polar surface area (TPSA) is 78.2 Å². The summed E-state index contributed by atoms with van der Waals surface area (Å²) < 4.78 is 7.21. The Kier molecular flexibility index (Phi) is 4.78. The standard InChI is InChI=1S/C17H15N3O2S/c18-20-19-10-14(21)17(12-6-2-1-3-7-12)22-15-11-23-16-9-5-4-8-13(15)16/h1-9,11,14,17,21H,10H2/t14-,17+/m0/s1. The molecule has 1 N–H and O–H groups in total. The van der Waals surface area contributed by atoms with Crippen LogP contribution in [-0.2, 0) is 0 Å². The highest BCUT2D eigenvalue weighted by molar-refractivity contribution is 7.17. The molecule has 6 heteroatoms. The molecule has 0 aliphatic carbocycles. The van der Waals surface area contributed by atoms with Crippen molar-refractivity contribution in [1.82, 2.24) is 0 Å². The Bertz CT molecular complexity index is 828. The molecule has 5 nitrogen and oxygen atoms in total. The van der Waals surface area contributed by atoms with Crippen LogP contribution >= 0.6 is 11.3 Å². The van der Waals surface area contributed by atoms with Gasteiger partial charge in [-0.2, -0.15) is 0 Å². The minimum atomic E-state index is -0.924. The molecule has 2 aromatic carbocycles. The van der Waals surface area contributed by atoms with Crippen LogP contribution in [0.4, 0.5) is 0 Å². The van der Waals surface area contributed by atoms with Crippen LogP contribution in [0.15, 0.2) is 65.1 Å². The maximum atomic E-state index is 10.4. The lowest BCUT2D eigenvalue weighted by molar-refractivity contribution is 0.0426. The van der Waals surface area contributed by atoms with Gasteiger partial charge in [-0.1, -0.05) is 47.6 Å². The van der Waals surface area contributed by atoms with Gasteiger partial charge in [-0.05, 0) is 23.2 Å². The predicted octanol–water partition coefficient (Wildman–Crippen LogP) is 4.69. The Hall–Kier alpha value is -2.53. The number of hydrogen-bond acceptors (Lipinski definition) is 4. The molecule has 0 saturated heterocycles. The monoisotopic (exact) mass is 325 g/mol. The third-order valence-electron chi connectivity index (χ3n) is 3.51. The van der Waals surface area contributed by atoms with Crippen molar-refractivity contribution in [3.8, 4) is 5.75 Å². The first-order valence-electron chi connectivity index (χ1n) is 7.16. The van der Waals surface area contributed by atoms with Crippen LogP contribution in [-0.4, -0.2) is 17.8 Å². The Morgan fingerprint density at radius 3 is 2.65 bits per heavy atom. The van der Waals surface area contributed by atoms with Crippen molar-refractivity contribution in [2.45, 2.75) is 12.2 Å². The second kappa shape index (κ2) is 7.15. The van der Waals surface area contributed by atoms with E-state index in [9.17, 15) is 5.11 Å². The van der Waals surface area contributed by atoms with E-state index in [1.165, 1.54) is 0 Å². The Morgan fingerprint density at radius 1 is 1.13 bits per heavy atom. The van der Waals surface area contributed by atoms with Crippen molar-refractivity contribution in [2.24, 2.45) is 5.11 Å². The number of hydrogen-bond donors (Lipinski definition) is 1. The second-order valence-corrected chi connectivity index (χ2v) is 5.94. The quantitative estimate of drug-likeness (QED) is 0.405. The molecule has 0 radical (unpaired) electrons. The summed E-state index contributed by atoms with van der Waals surface area (Å²) >= 11 is 1.59. The van der Waals surface area contributed by atoms with Gasteiger partial charge in [0.25, 0.3) is 0 Å². The SMILES string of the molecule is [N-]=[N+]=NC[C@H](O)[C@H](Oc1csc2ccccc12)c1ccccc1. The molecule has 0 saturated carbocycles. The van der Waals surface area contributed by atoms with E-state index in [-0.39, 0.29) is 6.54 Å². The van der Waals surface area contributed by atoms with E-state index in [2.05, 4.69) is 10.0 Å². The van der Waals surface area contributed by atoms with Gasteiger partial charge in [-0.15, -0.1) is 11.3 Å². The summed E-state index contributed by atoms with van der Waals surface area (Å²) in [6, 6.07) is 17.4. The van der Waals surface area contributed by atoms with Crippen LogP contribution in [0, 0.1) is 0 Å². The van der Waals surface area contributed by atoms with Crippen LogP contribution in [0.1, 0.15) is 11.7 Å². The first-order valence-corrected chi connectivity index (χ1v) is 8.04. The molecule has 1 heterocycles. The summed E-state index contributed by atoms with van der Waals surface area (Å²) in [5, 5.41) is 16.8. The second-order valence-electron chi connectivity index (χ2n) is 5.03. The van der Waals surface area contributed by atoms with E-state index >= 15 is 0 Å². The van der Waals surface area contributed by atoms with Crippen molar-refractivity contribution >= 4 is 21.4 Å². The van der Waals surface area contributed by atoms with E-state index in [4.69, 9.17) is 10.3 Å². The minimum absolute atomic E-state index is 0.0435. The summed E-state index contributed by atoms with van der Waals surface area (Å²) in [5.74, 6) is 0.722. The minimum Gasteiger partial charge on any atom is -0.481 e. The lowest BCUT2D eigenvalue weighted by Gasteiger charge is -2.23. The Morgan fingerprint density at radius 2 is 1.87 bits per heavy atom. The molecule has 23 heavy (non-hydrogen) atoms. The zero-order valence-electron chi connectivity index (χ0n) is 12.2. The van der Waals surface area contributed by atoms with Gasteiger partial charge in [-0.25, -0.2) is 0 Å². The van der Waals surface area contributed by atoms with E-state index < -0.39 is 12.2 Å². The highest BCUT2D eigenvalue weighted by Crippen LogP contribution is 2.35. The summed E-state index contributed by atoms with van der Waals surface area (Å²) in [6.07, 6.45) is -1.52. The van der Waals surface area contributed by atoms with Crippen molar-refractivity contribution in [1.29, 1.82) is 0 Å². The largest absolute Gasteiger partial charge is 0.481 e. The number of rotatable bonds is 6. The van der Waals surface area contributed by atoms with Gasteiger partial charge < -0.3 is 9.84 Å². The van der Waals surface area contributed by atoms with Crippen LogP contribution in [0.2, 0.25) is 0 Å². The van der Waals surface area contributed by atoms with Crippen LogP contribution in [0.3, 0.4) is 0 Å². The lowest BCUT2D eigenvalue weighted by Crippen LogP contribution is -2.26. The van der Waals surface area contributed by atoms with Gasteiger partial charge in [0.15, 0.2) is 0 Å². The summed E-state index contributed by atoms with van der Waals surface area (Å²) in [7, 11) is 0. The molecule has 0 amide bonds. The van der Waals surface area contributed by atoms with Gasteiger partial charge >= 0.3 is 0 Å². The molecule has 0 aliphatic heterocycles. The lowest BCUT2D eigenvalue weighted by atomic mass is 10.0. The number of fused-ring (bicyclic) bond motifs is 1. The normalized spacial score (nSPS) is 13.3. The molecule has 0 fully saturated rings. The van der Waals surface area contributed by atoms with E-state index in [1.807, 2.05) is 60.0 Å². The summed E-state index contributed by atoms with van der Waals surface area (Å²) in [6.45, 7) is -0.0435. The van der Waals surface area contributed by atoms with Gasteiger partial charge in [0, 0.05) is 20.4 Å². The van der Waals surface area contributed by atoms with Crippen molar-refractivity contribution in [3.05, 3.63) is 76.0 Å². The molecule has 0 bridgehead atoms. The van der Waals surface area contributed by atoms with E-state index in [1.54, 1.807) is 11.3 Å². The molecular weight excluding hydrogens is 310 g/mol. The number of aliphatic hydroxyl groups excluding tert-OH is 1.